The Balaban J connectivity index is 1.23. The Labute approximate surface area is 195 Å². The average Bonchev–Trinajstić information content (AvgIpc) is 3.53. The summed E-state index contributed by atoms with van der Waals surface area (Å²) in [5.74, 6) is -0.408. The van der Waals surface area contributed by atoms with Crippen molar-refractivity contribution in [3.63, 3.8) is 0 Å². The number of H-pyrrole nitrogens is 2. The van der Waals surface area contributed by atoms with Crippen LogP contribution in [0.15, 0.2) is 90.3 Å². The van der Waals surface area contributed by atoms with Crippen LogP contribution in [-0.2, 0) is 6.54 Å². The van der Waals surface area contributed by atoms with Crippen LogP contribution < -0.4 is 10.9 Å². The molecular weight excluding hydrogens is 428 g/mol. The van der Waals surface area contributed by atoms with Crippen molar-refractivity contribution in [3.8, 4) is 11.4 Å². The van der Waals surface area contributed by atoms with E-state index in [-0.39, 0.29) is 11.1 Å². The first-order valence-corrected chi connectivity index (χ1v) is 10.8. The molecule has 0 fully saturated rings. The maximum atomic E-state index is 12.7. The summed E-state index contributed by atoms with van der Waals surface area (Å²) >= 11 is 0. The van der Waals surface area contributed by atoms with Crippen LogP contribution in [0.3, 0.4) is 0 Å². The predicted octanol–water partition coefficient (Wildman–Crippen LogP) is 3.61. The van der Waals surface area contributed by atoms with E-state index in [0.717, 1.165) is 33.4 Å². The summed E-state index contributed by atoms with van der Waals surface area (Å²) in [6.45, 7) is 0.653. The molecule has 0 radical (unpaired) electrons. The topological polar surface area (TPSA) is 108 Å². The number of benzene rings is 1. The molecule has 0 atom stereocenters. The first-order valence-electron chi connectivity index (χ1n) is 10.8. The van der Waals surface area contributed by atoms with Gasteiger partial charge < -0.3 is 14.9 Å². The quantitative estimate of drug-likeness (QED) is 0.352. The molecule has 4 aromatic heterocycles. The molecule has 1 amide bonds. The predicted molar refractivity (Wildman–Crippen MR) is 131 cm³/mol. The lowest BCUT2D eigenvalue weighted by atomic mass is 10.1. The normalized spacial score (nSPS) is 11.3. The van der Waals surface area contributed by atoms with Crippen LogP contribution in [0.25, 0.3) is 28.4 Å². The van der Waals surface area contributed by atoms with Crippen LogP contribution in [0.1, 0.15) is 21.5 Å². The lowest BCUT2D eigenvalue weighted by Crippen LogP contribution is -2.33. The maximum Gasteiger partial charge on any atom is 0.263 e. The van der Waals surface area contributed by atoms with Crippen molar-refractivity contribution in [2.75, 3.05) is 6.54 Å². The van der Waals surface area contributed by atoms with Crippen LogP contribution in [0.2, 0.25) is 0 Å². The minimum atomic E-state index is -0.408. The van der Waals surface area contributed by atoms with Gasteiger partial charge in [-0.1, -0.05) is 24.3 Å². The zero-order valence-corrected chi connectivity index (χ0v) is 18.2. The van der Waals surface area contributed by atoms with E-state index in [1.807, 2.05) is 60.8 Å². The summed E-state index contributed by atoms with van der Waals surface area (Å²) in [4.78, 5) is 32.5. The first kappa shape index (κ1) is 21.1. The molecule has 0 spiro atoms. The average molecular weight is 451 g/mol. The van der Waals surface area contributed by atoms with Crippen LogP contribution >= 0.6 is 0 Å². The molecule has 34 heavy (non-hydrogen) atoms. The SMILES string of the molecule is O=C(NCC=Cc1ccc2c(-c3ccc[nH]3)n[nH]c2c1)c1cccn(Cc2cccnc2)c1=O. The monoisotopic (exact) mass is 450 g/mol. The highest BCUT2D eigenvalue weighted by atomic mass is 16.2. The fourth-order valence-corrected chi connectivity index (χ4v) is 3.79. The van der Waals surface area contributed by atoms with Gasteiger partial charge in [0.2, 0.25) is 0 Å². The van der Waals surface area contributed by atoms with Crippen molar-refractivity contribution in [1.29, 1.82) is 0 Å². The number of hydrogen-bond acceptors (Lipinski definition) is 4. The maximum absolute atomic E-state index is 12.7. The molecule has 0 aliphatic carbocycles. The highest BCUT2D eigenvalue weighted by Gasteiger charge is 2.12. The second-order valence-electron chi connectivity index (χ2n) is 7.79. The Morgan fingerprint density at radius 1 is 1.12 bits per heavy atom. The largest absolute Gasteiger partial charge is 0.360 e. The van der Waals surface area contributed by atoms with Gasteiger partial charge in [0.1, 0.15) is 11.3 Å². The lowest BCUT2D eigenvalue weighted by Gasteiger charge is -2.08. The van der Waals surface area contributed by atoms with Gasteiger partial charge in [-0.3, -0.25) is 19.7 Å². The third-order valence-electron chi connectivity index (χ3n) is 5.47. The number of carbonyl (C=O) groups is 1. The van der Waals surface area contributed by atoms with Crippen molar-refractivity contribution in [1.82, 2.24) is 30.0 Å². The van der Waals surface area contributed by atoms with E-state index in [9.17, 15) is 9.59 Å². The summed E-state index contributed by atoms with van der Waals surface area (Å²) in [6, 6.07) is 16.9. The second kappa shape index (κ2) is 9.41. The summed E-state index contributed by atoms with van der Waals surface area (Å²) < 4.78 is 1.50. The van der Waals surface area contributed by atoms with Gasteiger partial charge in [-0.25, -0.2) is 0 Å². The van der Waals surface area contributed by atoms with E-state index in [2.05, 4.69) is 25.5 Å². The highest BCUT2D eigenvalue weighted by molar-refractivity contribution is 5.94. The number of aromatic amines is 2. The third-order valence-corrected chi connectivity index (χ3v) is 5.47. The van der Waals surface area contributed by atoms with Crippen molar-refractivity contribution >= 4 is 22.9 Å². The summed E-state index contributed by atoms with van der Waals surface area (Å²) in [7, 11) is 0. The molecule has 3 N–H and O–H groups in total. The second-order valence-corrected chi connectivity index (χ2v) is 7.79. The third kappa shape index (κ3) is 4.42. The minimum absolute atomic E-state index is 0.107. The first-order chi connectivity index (χ1) is 16.7. The lowest BCUT2D eigenvalue weighted by molar-refractivity contribution is 0.0956. The summed E-state index contributed by atoms with van der Waals surface area (Å²) in [5, 5.41) is 11.3. The molecule has 5 rings (SSSR count). The molecule has 0 saturated heterocycles. The molecule has 8 nitrogen and oxygen atoms in total. The molecule has 168 valence electrons. The van der Waals surface area contributed by atoms with Gasteiger partial charge >= 0.3 is 0 Å². The number of nitrogens with zero attached hydrogens (tertiary/aromatic N) is 3. The van der Waals surface area contributed by atoms with Crippen LogP contribution in [-0.4, -0.2) is 37.2 Å². The van der Waals surface area contributed by atoms with Crippen molar-refractivity contribution in [2.24, 2.45) is 0 Å². The van der Waals surface area contributed by atoms with Crippen LogP contribution in [0.5, 0.6) is 0 Å². The molecule has 8 heteroatoms. The number of aromatic nitrogens is 5. The molecule has 0 unspecified atom stereocenters. The molecule has 0 saturated carbocycles. The van der Waals surface area contributed by atoms with E-state index < -0.39 is 5.91 Å². The number of pyridine rings is 2. The zero-order chi connectivity index (χ0) is 23.3. The Morgan fingerprint density at radius 3 is 2.88 bits per heavy atom. The number of carbonyl (C=O) groups excluding carboxylic acids is 1. The van der Waals surface area contributed by atoms with E-state index in [1.165, 1.54) is 10.6 Å². The fourth-order valence-electron chi connectivity index (χ4n) is 3.79. The Kier molecular flexibility index (Phi) is 5.85. The van der Waals surface area contributed by atoms with Gasteiger partial charge in [0.05, 0.1) is 17.8 Å². The smallest absolute Gasteiger partial charge is 0.263 e. The number of rotatable bonds is 7. The Hall–Kier alpha value is -4.72. The van der Waals surface area contributed by atoms with Gasteiger partial charge in [0.15, 0.2) is 0 Å². The van der Waals surface area contributed by atoms with Gasteiger partial charge in [-0.2, -0.15) is 5.10 Å². The molecule has 5 aromatic rings. The van der Waals surface area contributed by atoms with Crippen LogP contribution in [0.4, 0.5) is 0 Å². The van der Waals surface area contributed by atoms with E-state index >= 15 is 0 Å². The van der Waals surface area contributed by atoms with Gasteiger partial charge in [0.25, 0.3) is 11.5 Å². The number of fused-ring (bicyclic) bond motifs is 1. The van der Waals surface area contributed by atoms with Gasteiger partial charge in [-0.15, -0.1) is 0 Å². The summed E-state index contributed by atoms with van der Waals surface area (Å²) in [6.07, 6.45) is 10.7. The standard InChI is InChI=1S/C26H22N6O2/c33-25(21-7-4-14-32(26(21)34)17-19-6-1-11-27-16-19)29-13-2-5-18-9-10-20-23(15-18)30-31-24(20)22-8-3-12-28-22/h1-12,14-16,28H,13,17H2,(H,29,33)(H,30,31). The summed E-state index contributed by atoms with van der Waals surface area (Å²) in [5.41, 5.74) is 4.39. The number of amides is 1. The minimum Gasteiger partial charge on any atom is -0.360 e. The Bertz CT molecular complexity index is 1510. The molecular formula is C26H22N6O2. The van der Waals surface area contributed by atoms with Crippen molar-refractivity contribution in [2.45, 2.75) is 6.54 Å². The molecule has 0 aliphatic heterocycles. The van der Waals surface area contributed by atoms with Crippen molar-refractivity contribution in [3.05, 3.63) is 113 Å². The van der Waals surface area contributed by atoms with E-state index in [0.29, 0.717) is 13.1 Å². The van der Waals surface area contributed by atoms with Crippen LogP contribution in [0, 0.1) is 0 Å². The number of nitrogens with one attached hydrogen (secondary N) is 3. The highest BCUT2D eigenvalue weighted by Crippen LogP contribution is 2.25. The van der Waals surface area contributed by atoms with Crippen molar-refractivity contribution < 1.29 is 4.79 Å². The zero-order valence-electron chi connectivity index (χ0n) is 18.2. The van der Waals surface area contributed by atoms with Gasteiger partial charge in [-0.05, 0) is 53.6 Å². The molecule has 0 aliphatic rings. The molecule has 0 bridgehead atoms. The van der Waals surface area contributed by atoms with E-state index in [4.69, 9.17) is 0 Å². The number of hydrogen-bond donors (Lipinski definition) is 3. The molecule has 1 aromatic carbocycles. The molecule has 4 heterocycles. The van der Waals surface area contributed by atoms with E-state index in [1.54, 1.807) is 24.7 Å². The Morgan fingerprint density at radius 2 is 2.06 bits per heavy atom. The fraction of sp³-hybridized carbons (Fsp3) is 0.0769. The van der Waals surface area contributed by atoms with Gasteiger partial charge in [0, 0.05) is 36.7 Å².